The average molecular weight is 297 g/mol. The zero-order valence-corrected chi connectivity index (χ0v) is 14.1. The van der Waals surface area contributed by atoms with Gasteiger partial charge in [0.25, 0.3) is 0 Å². The van der Waals surface area contributed by atoms with E-state index in [9.17, 15) is 9.90 Å². The Balaban J connectivity index is 1.92. The smallest absolute Gasteiger partial charge is 0.132 e. The number of Topliss-reactive ketones (excluding diaryl/α,β-unsaturated/α-hetero) is 1. The number of carbonyl (C=O) groups is 1. The van der Waals surface area contributed by atoms with Gasteiger partial charge in [-0.05, 0) is 39.0 Å². The molecule has 3 nitrogen and oxygen atoms in total. The molecule has 1 rings (SSSR count). The Bertz CT molecular complexity index is 280. The summed E-state index contributed by atoms with van der Waals surface area (Å²) in [6, 6.07) is 0.823. The first-order chi connectivity index (χ1) is 10.1. The molecule has 1 heterocycles. The van der Waals surface area contributed by atoms with Crippen molar-refractivity contribution in [1.82, 2.24) is 5.32 Å². The van der Waals surface area contributed by atoms with Crippen LogP contribution < -0.4 is 5.32 Å². The Kier molecular flexibility index (Phi) is 9.94. The van der Waals surface area contributed by atoms with Gasteiger partial charge in [0.1, 0.15) is 5.78 Å². The van der Waals surface area contributed by atoms with Crippen molar-refractivity contribution in [2.45, 2.75) is 109 Å². The van der Waals surface area contributed by atoms with Crippen LogP contribution >= 0.6 is 0 Å². The normalized spacial score (nSPS) is 26.0. The molecule has 0 bridgehead atoms. The van der Waals surface area contributed by atoms with E-state index in [0.29, 0.717) is 11.8 Å². The fourth-order valence-electron chi connectivity index (χ4n) is 3.18. The lowest BCUT2D eigenvalue weighted by Crippen LogP contribution is -2.48. The first-order valence-corrected chi connectivity index (χ1v) is 9.09. The molecule has 3 atom stereocenters. The van der Waals surface area contributed by atoms with Crippen LogP contribution in [0.5, 0.6) is 0 Å². The second-order valence-electron chi connectivity index (χ2n) is 6.75. The van der Waals surface area contributed by atoms with Crippen molar-refractivity contribution in [3.05, 3.63) is 0 Å². The van der Waals surface area contributed by atoms with Crippen molar-refractivity contribution in [2.24, 2.45) is 0 Å². The van der Waals surface area contributed by atoms with Crippen molar-refractivity contribution < 1.29 is 9.90 Å². The summed E-state index contributed by atoms with van der Waals surface area (Å²) in [6.07, 6.45) is 12.8. The van der Waals surface area contributed by atoms with Crippen LogP contribution in [0.2, 0.25) is 0 Å². The van der Waals surface area contributed by atoms with Crippen LogP contribution in [-0.4, -0.2) is 29.1 Å². The van der Waals surface area contributed by atoms with Crippen molar-refractivity contribution in [1.29, 1.82) is 0 Å². The van der Waals surface area contributed by atoms with Gasteiger partial charge in [0.15, 0.2) is 0 Å². The van der Waals surface area contributed by atoms with Gasteiger partial charge in [0.2, 0.25) is 0 Å². The Morgan fingerprint density at radius 2 is 1.71 bits per heavy atom. The first kappa shape index (κ1) is 18.6. The zero-order chi connectivity index (χ0) is 15.5. The van der Waals surface area contributed by atoms with Crippen LogP contribution in [0.15, 0.2) is 0 Å². The predicted molar refractivity (Wildman–Crippen MR) is 88.5 cm³/mol. The van der Waals surface area contributed by atoms with E-state index in [2.05, 4.69) is 19.2 Å². The number of aliphatic hydroxyl groups excluding tert-OH is 1. The molecule has 1 aliphatic rings. The highest BCUT2D eigenvalue weighted by atomic mass is 16.3. The molecule has 124 valence electrons. The van der Waals surface area contributed by atoms with E-state index in [4.69, 9.17) is 0 Å². The molecule has 0 radical (unpaired) electrons. The fraction of sp³-hybridized carbons (Fsp3) is 0.944. The summed E-state index contributed by atoms with van der Waals surface area (Å²) in [7, 11) is 0. The van der Waals surface area contributed by atoms with Crippen LogP contribution in [0.4, 0.5) is 0 Å². The average Bonchev–Trinajstić information content (AvgIpc) is 2.46. The minimum atomic E-state index is -0.167. The predicted octanol–water partition coefficient (Wildman–Crippen LogP) is 3.98. The quantitative estimate of drug-likeness (QED) is 0.567. The van der Waals surface area contributed by atoms with Crippen LogP contribution in [0.3, 0.4) is 0 Å². The van der Waals surface area contributed by atoms with Crippen LogP contribution in [0.1, 0.15) is 90.9 Å². The number of carbonyl (C=O) groups excluding carboxylic acids is 1. The first-order valence-electron chi connectivity index (χ1n) is 9.09. The summed E-state index contributed by atoms with van der Waals surface area (Å²) in [6.45, 7) is 4.24. The van der Waals surface area contributed by atoms with Gasteiger partial charge in [0.05, 0.1) is 6.10 Å². The highest BCUT2D eigenvalue weighted by molar-refractivity contribution is 5.78. The third-order valence-corrected chi connectivity index (χ3v) is 4.70. The van der Waals surface area contributed by atoms with E-state index in [1.807, 2.05) is 0 Å². The number of piperidine rings is 1. The fourth-order valence-corrected chi connectivity index (χ4v) is 3.18. The third kappa shape index (κ3) is 8.57. The molecular formula is C18H35NO2. The molecule has 0 aromatic heterocycles. The molecule has 21 heavy (non-hydrogen) atoms. The number of nitrogens with one attached hydrogen (secondary N) is 1. The largest absolute Gasteiger partial charge is 0.392 e. The summed E-state index contributed by atoms with van der Waals surface area (Å²) in [5.41, 5.74) is 0. The van der Waals surface area contributed by atoms with Gasteiger partial charge in [0, 0.05) is 24.9 Å². The third-order valence-electron chi connectivity index (χ3n) is 4.70. The van der Waals surface area contributed by atoms with E-state index >= 15 is 0 Å². The van der Waals surface area contributed by atoms with E-state index < -0.39 is 0 Å². The molecule has 1 aliphatic heterocycles. The second kappa shape index (κ2) is 11.2. The Morgan fingerprint density at radius 1 is 1.05 bits per heavy atom. The van der Waals surface area contributed by atoms with Crippen LogP contribution in [0, 0.1) is 0 Å². The maximum Gasteiger partial charge on any atom is 0.132 e. The maximum absolute atomic E-state index is 11.6. The minimum Gasteiger partial charge on any atom is -0.392 e. The molecule has 0 spiro atoms. The number of rotatable bonds is 11. The molecule has 3 heteroatoms. The summed E-state index contributed by atoms with van der Waals surface area (Å²) < 4.78 is 0. The lowest BCUT2D eigenvalue weighted by atomic mass is 9.93. The molecule has 0 saturated carbocycles. The lowest BCUT2D eigenvalue weighted by Gasteiger charge is -2.32. The molecular weight excluding hydrogens is 262 g/mol. The SMILES string of the molecule is CCCCCC(=O)CCCCCCC1CCC(O)C(C)N1. The summed E-state index contributed by atoms with van der Waals surface area (Å²) in [5, 5.41) is 13.2. The van der Waals surface area contributed by atoms with E-state index in [0.717, 1.165) is 38.5 Å². The molecule has 0 aromatic rings. The van der Waals surface area contributed by atoms with E-state index in [1.165, 1.54) is 38.5 Å². The molecule has 2 N–H and O–H groups in total. The zero-order valence-electron chi connectivity index (χ0n) is 14.1. The monoisotopic (exact) mass is 297 g/mol. The number of hydrogen-bond donors (Lipinski definition) is 2. The Morgan fingerprint density at radius 3 is 2.38 bits per heavy atom. The van der Waals surface area contributed by atoms with Crippen molar-refractivity contribution in [3.63, 3.8) is 0 Å². The van der Waals surface area contributed by atoms with Gasteiger partial charge in [-0.2, -0.15) is 0 Å². The topological polar surface area (TPSA) is 49.3 Å². The van der Waals surface area contributed by atoms with Gasteiger partial charge in [-0.1, -0.05) is 39.0 Å². The molecule has 1 saturated heterocycles. The van der Waals surface area contributed by atoms with Crippen LogP contribution in [-0.2, 0) is 4.79 Å². The van der Waals surface area contributed by atoms with E-state index in [-0.39, 0.29) is 12.1 Å². The molecule has 1 fully saturated rings. The van der Waals surface area contributed by atoms with Crippen molar-refractivity contribution in [3.8, 4) is 0 Å². The minimum absolute atomic E-state index is 0.167. The Hall–Kier alpha value is -0.410. The van der Waals surface area contributed by atoms with Gasteiger partial charge < -0.3 is 10.4 Å². The van der Waals surface area contributed by atoms with Crippen LogP contribution in [0.25, 0.3) is 0 Å². The van der Waals surface area contributed by atoms with Crippen molar-refractivity contribution in [2.75, 3.05) is 0 Å². The number of ketones is 1. The van der Waals surface area contributed by atoms with Crippen molar-refractivity contribution >= 4 is 5.78 Å². The number of aliphatic hydroxyl groups is 1. The standard InChI is InChI=1S/C18H35NO2/c1-3-4-7-11-17(20)12-9-6-5-8-10-16-13-14-18(21)15(2)19-16/h15-16,18-19,21H,3-14H2,1-2H3. The molecule has 0 aromatic carbocycles. The summed E-state index contributed by atoms with van der Waals surface area (Å²) >= 11 is 0. The summed E-state index contributed by atoms with van der Waals surface area (Å²) in [5.74, 6) is 0.459. The second-order valence-corrected chi connectivity index (χ2v) is 6.75. The van der Waals surface area contributed by atoms with Gasteiger partial charge in [-0.25, -0.2) is 0 Å². The van der Waals surface area contributed by atoms with Gasteiger partial charge in [-0.15, -0.1) is 0 Å². The molecule has 0 amide bonds. The highest BCUT2D eigenvalue weighted by Crippen LogP contribution is 2.18. The maximum atomic E-state index is 11.6. The summed E-state index contributed by atoms with van der Waals surface area (Å²) in [4.78, 5) is 11.6. The van der Waals surface area contributed by atoms with Gasteiger partial charge >= 0.3 is 0 Å². The van der Waals surface area contributed by atoms with Gasteiger partial charge in [-0.3, -0.25) is 4.79 Å². The molecule has 0 aliphatic carbocycles. The molecule has 3 unspecified atom stereocenters. The highest BCUT2D eigenvalue weighted by Gasteiger charge is 2.24. The number of unbranched alkanes of at least 4 members (excludes halogenated alkanes) is 5. The number of hydrogen-bond acceptors (Lipinski definition) is 3. The van der Waals surface area contributed by atoms with E-state index in [1.54, 1.807) is 0 Å². The lowest BCUT2D eigenvalue weighted by molar-refractivity contribution is -0.119. The Labute approximate surface area is 130 Å².